The summed E-state index contributed by atoms with van der Waals surface area (Å²) in [6, 6.07) is 6.72. The summed E-state index contributed by atoms with van der Waals surface area (Å²) in [4.78, 5) is 105. The number of esters is 1. The highest BCUT2D eigenvalue weighted by Gasteiger charge is 2.42. The molecule has 1 aromatic carbocycles. The normalized spacial score (nSPS) is 22.9. The Bertz CT molecular complexity index is 2000. The van der Waals surface area contributed by atoms with Crippen LogP contribution >= 0.6 is 11.8 Å². The van der Waals surface area contributed by atoms with Gasteiger partial charge in [0.2, 0.25) is 11.8 Å². The van der Waals surface area contributed by atoms with Gasteiger partial charge in [-0.1, -0.05) is 74.5 Å². The zero-order valence-corrected chi connectivity index (χ0v) is 39.7. The number of fused-ring (bicyclic) bond motifs is 1. The maximum absolute atomic E-state index is 14.1. The van der Waals surface area contributed by atoms with Crippen molar-refractivity contribution in [2.45, 2.75) is 159 Å². The summed E-state index contributed by atoms with van der Waals surface area (Å²) in [6.07, 6.45) is 17.8. The molecule has 6 atom stereocenters. The number of carbonyl (C=O) groups is 8. The molecule has 2 saturated heterocycles. The average molecular weight is 945 g/mol. The molecule has 0 spiro atoms. The van der Waals surface area contributed by atoms with Crippen LogP contribution in [0.5, 0.6) is 0 Å². The molecule has 6 amide bonds. The average Bonchev–Trinajstić information content (AvgIpc) is 3.97. The Morgan fingerprint density at radius 3 is 2.39 bits per heavy atom. The topological polar surface area (TPSA) is 246 Å². The third-order valence-electron chi connectivity index (χ3n) is 13.2. The van der Waals surface area contributed by atoms with E-state index in [2.05, 4.69) is 31.3 Å². The number of hydrogen-bond donors (Lipinski definition) is 4. The summed E-state index contributed by atoms with van der Waals surface area (Å²) in [6.45, 7) is 3.07. The third kappa shape index (κ3) is 17.3. The first-order chi connectivity index (χ1) is 32.3. The lowest BCUT2D eigenvalue weighted by Gasteiger charge is -2.31. The number of imide groups is 1. The highest BCUT2D eigenvalue weighted by molar-refractivity contribution is 8.00. The van der Waals surface area contributed by atoms with Crippen molar-refractivity contribution in [2.24, 2.45) is 16.4 Å². The molecule has 18 heteroatoms. The zero-order valence-electron chi connectivity index (χ0n) is 38.8. The van der Waals surface area contributed by atoms with Gasteiger partial charge in [0.05, 0.1) is 12.1 Å². The van der Waals surface area contributed by atoms with Crippen LogP contribution in [0.4, 0.5) is 10.5 Å². The van der Waals surface area contributed by atoms with E-state index < -0.39 is 11.3 Å². The molecule has 6 unspecified atom stereocenters. The van der Waals surface area contributed by atoms with E-state index in [1.54, 1.807) is 24.3 Å². The number of carbonyl (C=O) groups excluding carboxylic acids is 8. The van der Waals surface area contributed by atoms with Crippen LogP contribution in [0.1, 0.15) is 146 Å². The number of unbranched alkanes of at least 4 members (excludes halogenated alkanes) is 6. The minimum absolute atomic E-state index is 0.00472. The van der Waals surface area contributed by atoms with Crippen molar-refractivity contribution >= 4 is 64.6 Å². The number of nitrogens with one attached hydrogen (secondary N) is 4. The van der Waals surface area contributed by atoms with E-state index in [1.807, 2.05) is 30.8 Å². The molecule has 3 aliphatic heterocycles. The largest absolute Gasteiger partial charge is 0.458 e. The number of rotatable bonds is 29. The van der Waals surface area contributed by atoms with Gasteiger partial charge in [-0.25, -0.2) is 4.79 Å². The van der Waals surface area contributed by atoms with Crippen LogP contribution in [-0.4, -0.2) is 101 Å². The minimum Gasteiger partial charge on any atom is -0.458 e. The predicted molar refractivity (Wildman–Crippen MR) is 255 cm³/mol. The highest BCUT2D eigenvalue weighted by atomic mass is 32.2. The zero-order chi connectivity index (χ0) is 48.0. The summed E-state index contributed by atoms with van der Waals surface area (Å²) in [5.41, 5.74) is 8.91. The predicted octanol–water partition coefficient (Wildman–Crippen LogP) is 7.61. The Labute approximate surface area is 397 Å². The Balaban J connectivity index is 1.02. The maximum atomic E-state index is 14.1. The number of ketones is 2. The molecule has 0 saturated carbocycles. The van der Waals surface area contributed by atoms with Gasteiger partial charge in [0, 0.05) is 96.0 Å². The number of urea groups is 1. The van der Waals surface area contributed by atoms with Gasteiger partial charge in [-0.2, -0.15) is 11.8 Å². The molecule has 1 aliphatic carbocycles. The maximum Gasteiger partial charge on any atom is 0.315 e. The summed E-state index contributed by atoms with van der Waals surface area (Å²) in [5.74, 6) is -0.773. The van der Waals surface area contributed by atoms with Crippen molar-refractivity contribution in [3.8, 4) is 0 Å². The number of azide groups is 1. The fraction of sp³-hybridized carbons (Fsp3) is 0.633. The second kappa shape index (κ2) is 27.4. The van der Waals surface area contributed by atoms with Gasteiger partial charge in [0.1, 0.15) is 11.9 Å². The molecule has 0 aromatic heterocycles. The van der Waals surface area contributed by atoms with Crippen LogP contribution in [0.15, 0.2) is 53.7 Å². The SMILES string of the molecule is CC1(C(=O)CC(CCCCCC(=O)c2ccc(N=[N+]=[N-])cc2)C(=O)NCCCNC(=O)CCCCC2SCC3NC(=O)NC32)C/C=C/C(OC(=O)CCCCCCN2C(=O)C=CC2=O)CCC1. The number of hydrogen-bond acceptors (Lipinski definition) is 11. The van der Waals surface area contributed by atoms with E-state index >= 15 is 0 Å². The van der Waals surface area contributed by atoms with Crippen LogP contribution in [0.3, 0.4) is 0 Å². The van der Waals surface area contributed by atoms with Gasteiger partial charge in [0.25, 0.3) is 11.8 Å². The van der Waals surface area contributed by atoms with E-state index in [0.29, 0.717) is 120 Å². The van der Waals surface area contributed by atoms with Crippen LogP contribution in [0, 0.1) is 11.3 Å². The van der Waals surface area contributed by atoms with Crippen LogP contribution in [0.25, 0.3) is 10.4 Å². The molecule has 0 bridgehead atoms. The minimum atomic E-state index is -0.697. The van der Waals surface area contributed by atoms with Crippen molar-refractivity contribution in [1.82, 2.24) is 26.2 Å². The van der Waals surface area contributed by atoms with Crippen molar-refractivity contribution in [3.63, 3.8) is 0 Å². The van der Waals surface area contributed by atoms with Crippen molar-refractivity contribution in [1.29, 1.82) is 0 Å². The number of Topliss-reactive ketones (excluding diaryl/α,β-unsaturated/α-hetero) is 2. The Morgan fingerprint density at radius 1 is 0.896 bits per heavy atom. The lowest BCUT2D eigenvalue weighted by molar-refractivity contribution is -0.147. The van der Waals surface area contributed by atoms with Crippen molar-refractivity contribution in [3.05, 3.63) is 64.6 Å². The molecular weight excluding hydrogens is 877 g/mol. The van der Waals surface area contributed by atoms with Gasteiger partial charge >= 0.3 is 12.0 Å². The van der Waals surface area contributed by atoms with Gasteiger partial charge in [-0.3, -0.25) is 38.5 Å². The molecule has 4 N–H and O–H groups in total. The number of benzene rings is 1. The van der Waals surface area contributed by atoms with Crippen LogP contribution in [0.2, 0.25) is 0 Å². The molecule has 67 heavy (non-hydrogen) atoms. The summed E-state index contributed by atoms with van der Waals surface area (Å²) in [5, 5.41) is 15.8. The van der Waals surface area contributed by atoms with Crippen LogP contribution in [-0.2, 0) is 33.5 Å². The molecule has 2 fully saturated rings. The standard InChI is InChI=1S/C49H68N8O9S/c1-49(27-11-15-37(16-12-28-49)66-45(63)20-7-2-3-10-31-57-43(61)25-26-44(57)62)41(59)32-35(14-5-4-6-17-39(58)34-21-23-36(24-22-34)55-56-50)47(64)52-30-13-29-51-42(60)19-9-8-18-40-46-38(33-67-40)53-48(65)54-46/h11,15,21-26,35,37-38,40,46H,2-10,12-14,16-20,27-33H2,1H3,(H,51,60)(H,52,64)(H2,53,54,65)/b15-11+. The van der Waals surface area contributed by atoms with E-state index in [4.69, 9.17) is 10.3 Å². The first kappa shape index (κ1) is 52.5. The lowest BCUT2D eigenvalue weighted by Crippen LogP contribution is -2.37. The summed E-state index contributed by atoms with van der Waals surface area (Å²) >= 11 is 1.86. The molecule has 4 aliphatic rings. The summed E-state index contributed by atoms with van der Waals surface area (Å²) < 4.78 is 5.76. The summed E-state index contributed by atoms with van der Waals surface area (Å²) in [7, 11) is 0. The second-order valence-corrected chi connectivity index (χ2v) is 19.7. The molecule has 0 radical (unpaired) electrons. The van der Waals surface area contributed by atoms with Gasteiger partial charge in [0.15, 0.2) is 5.78 Å². The number of thioether (sulfide) groups is 1. The molecule has 1 aromatic rings. The first-order valence-electron chi connectivity index (χ1n) is 24.2. The second-order valence-electron chi connectivity index (χ2n) is 18.4. The Morgan fingerprint density at radius 2 is 1.61 bits per heavy atom. The quantitative estimate of drug-likeness (QED) is 0.00705. The van der Waals surface area contributed by atoms with E-state index in [0.717, 1.165) is 37.9 Å². The van der Waals surface area contributed by atoms with Gasteiger partial charge in [-0.05, 0) is 82.2 Å². The number of nitrogens with zero attached hydrogens (tertiary/aromatic N) is 4. The van der Waals surface area contributed by atoms with Gasteiger partial charge in [-0.15, -0.1) is 0 Å². The van der Waals surface area contributed by atoms with Gasteiger partial charge < -0.3 is 26.0 Å². The van der Waals surface area contributed by atoms with Crippen LogP contribution < -0.4 is 21.3 Å². The fourth-order valence-corrected chi connectivity index (χ4v) is 10.6. The molecule has 5 rings (SSSR count). The number of ether oxygens (including phenoxy) is 1. The third-order valence-corrected chi connectivity index (χ3v) is 14.7. The number of amides is 6. The monoisotopic (exact) mass is 944 g/mol. The first-order valence-corrected chi connectivity index (χ1v) is 25.2. The highest BCUT2D eigenvalue weighted by Crippen LogP contribution is 2.36. The molecule has 3 heterocycles. The smallest absolute Gasteiger partial charge is 0.315 e. The molecule has 17 nitrogen and oxygen atoms in total. The Kier molecular flexibility index (Phi) is 21.4. The van der Waals surface area contributed by atoms with Crippen molar-refractivity contribution < 1.29 is 43.1 Å². The van der Waals surface area contributed by atoms with E-state index in [9.17, 15) is 38.4 Å². The molecule has 364 valence electrons. The van der Waals surface area contributed by atoms with Crippen molar-refractivity contribution in [2.75, 3.05) is 25.4 Å². The molecular formula is C49H68N8O9S. The fourth-order valence-electron chi connectivity index (χ4n) is 9.09. The van der Waals surface area contributed by atoms with E-state index in [1.165, 1.54) is 17.1 Å². The van der Waals surface area contributed by atoms with E-state index in [-0.39, 0.29) is 78.2 Å². The Hall–Kier alpha value is -5.48. The number of allylic oxidation sites excluding steroid dienone is 1. The lowest BCUT2D eigenvalue weighted by atomic mass is 9.73.